The Balaban J connectivity index is 2.79. The quantitative estimate of drug-likeness (QED) is 0.748. The molecule has 0 atom stereocenters. The van der Waals surface area contributed by atoms with Crippen molar-refractivity contribution < 1.29 is 14.7 Å². The fraction of sp³-hybridized carbons (Fsp3) is 0.846. The number of rotatable bonds is 6. The topological polar surface area (TPSA) is 83.6 Å². The molecule has 0 unspecified atom stereocenters. The van der Waals surface area contributed by atoms with E-state index >= 15 is 0 Å². The molecule has 0 aromatic rings. The predicted molar refractivity (Wildman–Crippen MR) is 69.0 cm³/mol. The van der Waals surface area contributed by atoms with Gasteiger partial charge in [-0.1, -0.05) is 0 Å². The monoisotopic (exact) mass is 256 g/mol. The molecule has 0 bridgehead atoms. The van der Waals surface area contributed by atoms with E-state index in [0.29, 0.717) is 0 Å². The van der Waals surface area contributed by atoms with Gasteiger partial charge in [-0.15, -0.1) is 0 Å². The van der Waals surface area contributed by atoms with Crippen LogP contribution in [-0.2, 0) is 9.59 Å². The van der Waals surface area contributed by atoms with Gasteiger partial charge < -0.3 is 15.7 Å². The van der Waals surface area contributed by atoms with Crippen molar-refractivity contribution in [2.24, 2.45) is 11.1 Å². The number of carbonyl (C=O) groups excluding carboxylic acids is 1. The maximum absolute atomic E-state index is 12.6. The molecule has 1 aliphatic rings. The van der Waals surface area contributed by atoms with Gasteiger partial charge in [-0.05, 0) is 40.5 Å². The summed E-state index contributed by atoms with van der Waals surface area (Å²) in [4.78, 5) is 24.9. The Labute approximate surface area is 108 Å². The van der Waals surface area contributed by atoms with Crippen molar-refractivity contribution in [2.75, 3.05) is 6.54 Å². The molecule has 0 aliphatic heterocycles. The van der Waals surface area contributed by atoms with Crippen molar-refractivity contribution in [3.05, 3.63) is 0 Å². The van der Waals surface area contributed by atoms with Crippen molar-refractivity contribution in [3.8, 4) is 0 Å². The molecule has 5 nitrogen and oxygen atoms in total. The van der Waals surface area contributed by atoms with Crippen LogP contribution in [0.3, 0.4) is 0 Å². The highest BCUT2D eigenvalue weighted by Crippen LogP contribution is 2.35. The van der Waals surface area contributed by atoms with Gasteiger partial charge in [-0.3, -0.25) is 9.59 Å². The summed E-state index contributed by atoms with van der Waals surface area (Å²) < 4.78 is 0. The second-order valence-electron chi connectivity index (χ2n) is 6.22. The minimum Gasteiger partial charge on any atom is -0.481 e. The van der Waals surface area contributed by atoms with E-state index < -0.39 is 16.9 Å². The minimum absolute atomic E-state index is 0.0106. The average molecular weight is 256 g/mol. The maximum Gasteiger partial charge on any atom is 0.305 e. The lowest BCUT2D eigenvalue weighted by Crippen LogP contribution is -2.57. The zero-order chi connectivity index (χ0) is 14.1. The van der Waals surface area contributed by atoms with Gasteiger partial charge in [0.25, 0.3) is 0 Å². The lowest BCUT2D eigenvalue weighted by Gasteiger charge is -2.40. The molecule has 3 N–H and O–H groups in total. The number of hydrogen-bond donors (Lipinski definition) is 2. The van der Waals surface area contributed by atoms with Crippen LogP contribution in [0.4, 0.5) is 0 Å². The van der Waals surface area contributed by atoms with Crippen LogP contribution in [0.2, 0.25) is 0 Å². The molecule has 1 amide bonds. The lowest BCUT2D eigenvalue weighted by atomic mass is 9.74. The summed E-state index contributed by atoms with van der Waals surface area (Å²) in [6.45, 7) is 7.58. The summed E-state index contributed by atoms with van der Waals surface area (Å²) >= 11 is 0. The van der Waals surface area contributed by atoms with Gasteiger partial charge in [0.1, 0.15) is 0 Å². The van der Waals surface area contributed by atoms with Crippen molar-refractivity contribution in [1.29, 1.82) is 0 Å². The molecular weight excluding hydrogens is 232 g/mol. The van der Waals surface area contributed by atoms with Crippen LogP contribution < -0.4 is 5.73 Å². The largest absolute Gasteiger partial charge is 0.481 e. The van der Waals surface area contributed by atoms with E-state index in [4.69, 9.17) is 10.8 Å². The number of amides is 1. The third-order valence-electron chi connectivity index (χ3n) is 3.96. The maximum atomic E-state index is 12.6. The standard InChI is InChI=1S/C13H24N2O3/c1-12(2,13(3,4)14)11(18)15(9-5-6-9)8-7-10(16)17/h9H,5-8,14H2,1-4H3,(H,16,17). The van der Waals surface area contributed by atoms with Gasteiger partial charge in [0.15, 0.2) is 0 Å². The van der Waals surface area contributed by atoms with Crippen LogP contribution in [0.25, 0.3) is 0 Å². The SMILES string of the molecule is CC(C)(N)C(C)(C)C(=O)N(CCC(=O)O)C1CC1. The summed E-state index contributed by atoms with van der Waals surface area (Å²) in [6.07, 6.45) is 1.92. The van der Waals surface area contributed by atoms with Crippen molar-refractivity contribution >= 4 is 11.9 Å². The number of carboxylic acid groups (broad SMARTS) is 1. The molecule has 1 saturated carbocycles. The van der Waals surface area contributed by atoms with E-state index in [2.05, 4.69) is 0 Å². The Hall–Kier alpha value is -1.10. The molecule has 5 heteroatoms. The third-order valence-corrected chi connectivity index (χ3v) is 3.96. The number of nitrogens with two attached hydrogens (primary N) is 1. The molecule has 0 saturated heterocycles. The van der Waals surface area contributed by atoms with Crippen LogP contribution in [0.1, 0.15) is 47.0 Å². The van der Waals surface area contributed by atoms with Crippen LogP contribution in [-0.4, -0.2) is 40.0 Å². The number of carboxylic acids is 1. The molecule has 0 heterocycles. The normalized spacial score (nSPS) is 16.5. The number of hydrogen-bond acceptors (Lipinski definition) is 3. The predicted octanol–water partition coefficient (Wildman–Crippen LogP) is 1.22. The number of carbonyl (C=O) groups is 2. The highest BCUT2D eigenvalue weighted by Gasteiger charge is 2.46. The summed E-state index contributed by atoms with van der Waals surface area (Å²) in [7, 11) is 0. The van der Waals surface area contributed by atoms with E-state index in [0.717, 1.165) is 12.8 Å². The van der Waals surface area contributed by atoms with Crippen LogP contribution >= 0.6 is 0 Å². The molecule has 0 aromatic heterocycles. The van der Waals surface area contributed by atoms with Crippen LogP contribution in [0, 0.1) is 5.41 Å². The van der Waals surface area contributed by atoms with Gasteiger partial charge in [0.2, 0.25) is 5.91 Å². The Morgan fingerprint density at radius 3 is 2.11 bits per heavy atom. The van der Waals surface area contributed by atoms with E-state index in [-0.39, 0.29) is 24.9 Å². The Bertz CT molecular complexity index is 341. The van der Waals surface area contributed by atoms with Gasteiger partial charge >= 0.3 is 5.97 Å². The molecule has 18 heavy (non-hydrogen) atoms. The van der Waals surface area contributed by atoms with E-state index in [9.17, 15) is 9.59 Å². The van der Waals surface area contributed by atoms with Gasteiger partial charge in [0, 0.05) is 18.1 Å². The molecule has 104 valence electrons. The van der Waals surface area contributed by atoms with Crippen molar-refractivity contribution in [2.45, 2.75) is 58.5 Å². The molecular formula is C13H24N2O3. The minimum atomic E-state index is -0.877. The highest BCUT2D eigenvalue weighted by molar-refractivity contribution is 5.84. The number of aliphatic carboxylic acids is 1. The molecule has 0 aromatic carbocycles. The summed E-state index contributed by atoms with van der Waals surface area (Å²) in [5.41, 5.74) is 4.73. The molecule has 1 rings (SSSR count). The Morgan fingerprint density at radius 1 is 1.28 bits per heavy atom. The first-order valence-corrected chi connectivity index (χ1v) is 6.39. The zero-order valence-electron chi connectivity index (χ0n) is 11.7. The highest BCUT2D eigenvalue weighted by atomic mass is 16.4. The zero-order valence-corrected chi connectivity index (χ0v) is 11.7. The molecule has 1 fully saturated rings. The van der Waals surface area contributed by atoms with Gasteiger partial charge in [-0.2, -0.15) is 0 Å². The van der Waals surface area contributed by atoms with Gasteiger partial charge in [0.05, 0.1) is 11.8 Å². The number of nitrogens with zero attached hydrogens (tertiary/aromatic N) is 1. The Kier molecular flexibility index (Phi) is 4.05. The lowest BCUT2D eigenvalue weighted by molar-refractivity contribution is -0.145. The fourth-order valence-electron chi connectivity index (χ4n) is 1.69. The van der Waals surface area contributed by atoms with E-state index in [1.54, 1.807) is 4.90 Å². The second kappa shape index (κ2) is 4.88. The van der Waals surface area contributed by atoms with E-state index in [1.165, 1.54) is 0 Å². The molecule has 0 spiro atoms. The first kappa shape index (κ1) is 15.0. The van der Waals surface area contributed by atoms with Crippen LogP contribution in [0.5, 0.6) is 0 Å². The Morgan fingerprint density at radius 2 is 1.78 bits per heavy atom. The summed E-state index contributed by atoms with van der Waals surface area (Å²) in [5, 5.41) is 8.75. The summed E-state index contributed by atoms with van der Waals surface area (Å²) in [5.74, 6) is -0.919. The molecule has 0 radical (unpaired) electrons. The third kappa shape index (κ3) is 3.22. The van der Waals surface area contributed by atoms with E-state index in [1.807, 2.05) is 27.7 Å². The fourth-order valence-corrected chi connectivity index (χ4v) is 1.69. The van der Waals surface area contributed by atoms with Gasteiger partial charge in [-0.25, -0.2) is 0 Å². The smallest absolute Gasteiger partial charge is 0.305 e. The molecule has 1 aliphatic carbocycles. The average Bonchev–Trinajstić information content (AvgIpc) is 2.99. The van der Waals surface area contributed by atoms with Crippen LogP contribution in [0.15, 0.2) is 0 Å². The van der Waals surface area contributed by atoms with Crippen molar-refractivity contribution in [1.82, 2.24) is 4.90 Å². The summed E-state index contributed by atoms with van der Waals surface area (Å²) in [6, 6.07) is 0.207. The first-order chi connectivity index (χ1) is 8.07. The van der Waals surface area contributed by atoms with Crippen molar-refractivity contribution in [3.63, 3.8) is 0 Å². The second-order valence-corrected chi connectivity index (χ2v) is 6.22. The first-order valence-electron chi connectivity index (χ1n) is 6.39.